The quantitative estimate of drug-likeness (QED) is 0.158. The lowest BCUT2D eigenvalue weighted by Gasteiger charge is -2.29. The van der Waals surface area contributed by atoms with Crippen molar-refractivity contribution in [3.8, 4) is 44.5 Å². The van der Waals surface area contributed by atoms with E-state index in [9.17, 15) is 0 Å². The van der Waals surface area contributed by atoms with Crippen LogP contribution in [0.25, 0.3) is 44.5 Å². The Balaban J connectivity index is 1.32. The summed E-state index contributed by atoms with van der Waals surface area (Å²) in [5.74, 6) is 0. The fourth-order valence-electron chi connectivity index (χ4n) is 6.04. The van der Waals surface area contributed by atoms with Gasteiger partial charge in [0, 0.05) is 21.8 Å². The number of anilines is 3. The van der Waals surface area contributed by atoms with Gasteiger partial charge in [-0.1, -0.05) is 139 Å². The second kappa shape index (κ2) is 13.4. The van der Waals surface area contributed by atoms with E-state index in [1.807, 2.05) is 0 Å². The topological polar surface area (TPSA) is 3.24 Å². The van der Waals surface area contributed by atoms with Crippen LogP contribution in [0.15, 0.2) is 181 Å². The van der Waals surface area contributed by atoms with Crippen molar-refractivity contribution in [1.82, 2.24) is 0 Å². The zero-order chi connectivity index (χ0) is 31.3. The Bertz CT molecular complexity index is 2050. The van der Waals surface area contributed by atoms with E-state index in [0.717, 1.165) is 17.1 Å². The summed E-state index contributed by atoms with van der Waals surface area (Å²) in [4.78, 5) is 3.66. The molecule has 0 atom stereocenters. The van der Waals surface area contributed by atoms with E-state index in [-0.39, 0.29) is 0 Å². The summed E-state index contributed by atoms with van der Waals surface area (Å²) >= 11 is 1.79. The van der Waals surface area contributed by atoms with Crippen LogP contribution in [-0.2, 0) is 0 Å². The molecule has 0 aliphatic rings. The maximum absolute atomic E-state index is 2.38. The molecule has 0 fully saturated rings. The Kier molecular flexibility index (Phi) is 8.54. The summed E-state index contributed by atoms with van der Waals surface area (Å²) in [6, 6.07) is 63.5. The van der Waals surface area contributed by atoms with E-state index < -0.39 is 0 Å². The SMILES string of the molecule is CSc1ccccc1-c1ccc(N(c2ccc(C)cc2)c2ccc(-c3ccc(-c4ccccc4)cc3)cc2)c(-c2ccccc2)c1. The van der Waals surface area contributed by atoms with Crippen LogP contribution in [0.3, 0.4) is 0 Å². The van der Waals surface area contributed by atoms with Gasteiger partial charge in [-0.2, -0.15) is 0 Å². The molecular formula is C44H35NS. The smallest absolute Gasteiger partial charge is 0.0540 e. The third-order valence-corrected chi connectivity index (χ3v) is 9.28. The van der Waals surface area contributed by atoms with Crippen LogP contribution >= 0.6 is 11.8 Å². The number of rotatable bonds is 8. The van der Waals surface area contributed by atoms with E-state index in [1.54, 1.807) is 11.8 Å². The lowest BCUT2D eigenvalue weighted by atomic mass is 9.96. The molecule has 0 amide bonds. The van der Waals surface area contributed by atoms with Crippen molar-refractivity contribution in [2.45, 2.75) is 11.8 Å². The number of benzene rings is 7. The molecule has 0 N–H and O–H groups in total. The van der Waals surface area contributed by atoms with Crippen LogP contribution in [-0.4, -0.2) is 6.26 Å². The molecule has 0 saturated heterocycles. The normalized spacial score (nSPS) is 10.9. The van der Waals surface area contributed by atoms with Gasteiger partial charge in [0.1, 0.15) is 0 Å². The first-order chi connectivity index (χ1) is 22.7. The van der Waals surface area contributed by atoms with Crippen LogP contribution < -0.4 is 4.90 Å². The fourth-order valence-corrected chi connectivity index (χ4v) is 6.66. The largest absolute Gasteiger partial charge is 0.310 e. The molecule has 0 aliphatic heterocycles. The first-order valence-corrected chi connectivity index (χ1v) is 16.9. The molecule has 46 heavy (non-hydrogen) atoms. The first-order valence-electron chi connectivity index (χ1n) is 15.6. The lowest BCUT2D eigenvalue weighted by Crippen LogP contribution is -2.11. The highest BCUT2D eigenvalue weighted by atomic mass is 32.2. The Morgan fingerprint density at radius 1 is 0.391 bits per heavy atom. The van der Waals surface area contributed by atoms with E-state index in [1.165, 1.54) is 55.0 Å². The molecule has 7 rings (SSSR count). The van der Waals surface area contributed by atoms with Crippen molar-refractivity contribution in [2.75, 3.05) is 11.2 Å². The summed E-state index contributed by atoms with van der Waals surface area (Å²) in [6.07, 6.45) is 2.14. The van der Waals surface area contributed by atoms with Crippen LogP contribution in [0.2, 0.25) is 0 Å². The second-order valence-electron chi connectivity index (χ2n) is 11.5. The second-order valence-corrected chi connectivity index (χ2v) is 12.3. The van der Waals surface area contributed by atoms with Gasteiger partial charge in [-0.05, 0) is 94.6 Å². The molecule has 7 aromatic rings. The summed E-state index contributed by atoms with van der Waals surface area (Å²) in [5, 5.41) is 0. The third-order valence-electron chi connectivity index (χ3n) is 8.48. The zero-order valence-corrected chi connectivity index (χ0v) is 26.9. The van der Waals surface area contributed by atoms with Gasteiger partial charge >= 0.3 is 0 Å². The molecule has 0 aliphatic carbocycles. The summed E-state index contributed by atoms with van der Waals surface area (Å²) in [6.45, 7) is 2.14. The van der Waals surface area contributed by atoms with Crippen LogP contribution in [0.1, 0.15) is 5.56 Å². The van der Waals surface area contributed by atoms with E-state index >= 15 is 0 Å². The molecule has 0 heterocycles. The maximum Gasteiger partial charge on any atom is 0.0540 e. The van der Waals surface area contributed by atoms with Gasteiger partial charge in [-0.3, -0.25) is 0 Å². The number of hydrogen-bond donors (Lipinski definition) is 0. The van der Waals surface area contributed by atoms with Crippen LogP contribution in [0.4, 0.5) is 17.1 Å². The van der Waals surface area contributed by atoms with Gasteiger partial charge < -0.3 is 4.90 Å². The summed E-state index contributed by atoms with van der Waals surface area (Å²) in [5.41, 5.74) is 14.3. The monoisotopic (exact) mass is 609 g/mol. The number of thioether (sulfide) groups is 1. The molecule has 0 unspecified atom stereocenters. The van der Waals surface area contributed by atoms with Gasteiger partial charge in [-0.25, -0.2) is 0 Å². The highest BCUT2D eigenvalue weighted by Gasteiger charge is 2.19. The molecule has 1 nitrogen and oxygen atoms in total. The van der Waals surface area contributed by atoms with Crippen molar-refractivity contribution < 1.29 is 0 Å². The Morgan fingerprint density at radius 2 is 0.848 bits per heavy atom. The van der Waals surface area contributed by atoms with E-state index in [4.69, 9.17) is 0 Å². The molecule has 7 aromatic carbocycles. The van der Waals surface area contributed by atoms with Crippen molar-refractivity contribution in [2.24, 2.45) is 0 Å². The predicted molar refractivity (Wildman–Crippen MR) is 199 cm³/mol. The average molecular weight is 610 g/mol. The van der Waals surface area contributed by atoms with Crippen molar-refractivity contribution in [1.29, 1.82) is 0 Å². The zero-order valence-electron chi connectivity index (χ0n) is 26.1. The lowest BCUT2D eigenvalue weighted by molar-refractivity contribution is 1.27. The number of hydrogen-bond acceptors (Lipinski definition) is 2. The van der Waals surface area contributed by atoms with E-state index in [0.29, 0.717) is 0 Å². The third kappa shape index (κ3) is 6.13. The molecule has 0 aromatic heterocycles. The number of nitrogens with zero attached hydrogens (tertiary/aromatic N) is 1. The minimum Gasteiger partial charge on any atom is -0.310 e. The minimum absolute atomic E-state index is 1.11. The highest BCUT2D eigenvalue weighted by Crippen LogP contribution is 2.44. The molecule has 0 saturated carbocycles. The van der Waals surface area contributed by atoms with Crippen LogP contribution in [0, 0.1) is 6.92 Å². The molecular weight excluding hydrogens is 575 g/mol. The van der Waals surface area contributed by atoms with Gasteiger partial charge in [0.25, 0.3) is 0 Å². The van der Waals surface area contributed by atoms with Crippen LogP contribution in [0.5, 0.6) is 0 Å². The van der Waals surface area contributed by atoms with Gasteiger partial charge in [0.15, 0.2) is 0 Å². The van der Waals surface area contributed by atoms with E-state index in [2.05, 4.69) is 194 Å². The molecule has 0 spiro atoms. The van der Waals surface area contributed by atoms with Gasteiger partial charge in [0.2, 0.25) is 0 Å². The summed E-state index contributed by atoms with van der Waals surface area (Å²) < 4.78 is 0. The molecule has 222 valence electrons. The number of aryl methyl sites for hydroxylation is 1. The first kappa shape index (κ1) is 29.4. The predicted octanol–water partition coefficient (Wildman–Crippen LogP) is 12.9. The standard InChI is InChI=1S/C44H35NS/c1-32-17-26-39(27-18-32)45(40-28-23-36(24-29-40)35-21-19-34(20-22-35)33-11-5-3-6-12-33)43-30-25-38(41-15-9-10-16-44(41)46-2)31-42(43)37-13-7-4-8-14-37/h3-31H,1-2H3. The van der Waals surface area contributed by atoms with Crippen molar-refractivity contribution in [3.63, 3.8) is 0 Å². The van der Waals surface area contributed by atoms with Crippen molar-refractivity contribution >= 4 is 28.8 Å². The fraction of sp³-hybridized carbons (Fsp3) is 0.0455. The Hall–Kier alpha value is -5.31. The van der Waals surface area contributed by atoms with Crippen molar-refractivity contribution in [3.05, 3.63) is 181 Å². The summed E-state index contributed by atoms with van der Waals surface area (Å²) in [7, 11) is 0. The molecule has 2 heteroatoms. The Labute approximate surface area is 276 Å². The molecule has 0 bridgehead atoms. The Morgan fingerprint density at radius 3 is 1.43 bits per heavy atom. The molecule has 0 radical (unpaired) electrons. The highest BCUT2D eigenvalue weighted by molar-refractivity contribution is 7.98. The average Bonchev–Trinajstić information content (AvgIpc) is 3.14. The van der Waals surface area contributed by atoms with Gasteiger partial charge in [0.05, 0.1) is 5.69 Å². The minimum atomic E-state index is 1.11. The maximum atomic E-state index is 2.38. The van der Waals surface area contributed by atoms with Gasteiger partial charge in [-0.15, -0.1) is 11.8 Å².